The van der Waals surface area contributed by atoms with Gasteiger partial charge in [0, 0.05) is 19.2 Å². The van der Waals surface area contributed by atoms with Crippen molar-refractivity contribution in [1.29, 1.82) is 0 Å². The number of anilines is 1. The fraction of sp³-hybridized carbons (Fsp3) is 0.211. The average molecular weight is 432 g/mol. The molecule has 2 N–H and O–H groups in total. The standard InChI is InChI=1S/C19H16F3NO5.ClH/c1-11(24)18(27)28-16-7-6-14(10-15(16)17(25)26)23-9-8-12-2-4-13(5-3-12)19(20,21)22;/h2-7,10,23H,8-9H2,1H3,(H,25,26);1H. The molecule has 0 spiro atoms. The number of Topliss-reactive ketones (excluding diaryl/α,β-unsaturated/α-hetero) is 1. The van der Waals surface area contributed by atoms with Gasteiger partial charge in [-0.15, -0.1) is 12.4 Å². The second-order valence-electron chi connectivity index (χ2n) is 5.83. The van der Waals surface area contributed by atoms with E-state index in [0.717, 1.165) is 19.1 Å². The van der Waals surface area contributed by atoms with E-state index >= 15 is 0 Å². The smallest absolute Gasteiger partial charge is 0.416 e. The van der Waals surface area contributed by atoms with E-state index in [2.05, 4.69) is 5.32 Å². The van der Waals surface area contributed by atoms with Crippen molar-refractivity contribution >= 4 is 35.8 Å². The van der Waals surface area contributed by atoms with Gasteiger partial charge in [-0.05, 0) is 42.3 Å². The van der Waals surface area contributed by atoms with E-state index in [1.165, 1.54) is 30.3 Å². The lowest BCUT2D eigenvalue weighted by atomic mass is 10.1. The van der Waals surface area contributed by atoms with Gasteiger partial charge in [0.25, 0.3) is 0 Å². The lowest BCUT2D eigenvalue weighted by molar-refractivity contribution is -0.146. The van der Waals surface area contributed by atoms with Crippen molar-refractivity contribution in [3.63, 3.8) is 0 Å². The van der Waals surface area contributed by atoms with Crippen molar-refractivity contribution in [1.82, 2.24) is 0 Å². The molecule has 6 nitrogen and oxygen atoms in total. The number of carbonyl (C=O) groups is 3. The van der Waals surface area contributed by atoms with Gasteiger partial charge in [-0.2, -0.15) is 13.2 Å². The number of carboxylic acids is 1. The number of nitrogens with one attached hydrogen (secondary N) is 1. The molecule has 0 saturated heterocycles. The lowest BCUT2D eigenvalue weighted by Crippen LogP contribution is -2.18. The topological polar surface area (TPSA) is 92.7 Å². The number of carboxylic acid groups (broad SMARTS) is 1. The number of aromatic carboxylic acids is 1. The van der Waals surface area contributed by atoms with Crippen LogP contribution in [0.25, 0.3) is 0 Å². The normalized spacial score (nSPS) is 10.6. The van der Waals surface area contributed by atoms with E-state index in [0.29, 0.717) is 24.2 Å². The number of rotatable bonds is 7. The Morgan fingerprint density at radius 3 is 2.21 bits per heavy atom. The molecular formula is C19H17ClF3NO5. The highest BCUT2D eigenvalue weighted by Gasteiger charge is 2.29. The number of hydrogen-bond acceptors (Lipinski definition) is 5. The van der Waals surface area contributed by atoms with Gasteiger partial charge in [0.2, 0.25) is 5.78 Å². The van der Waals surface area contributed by atoms with E-state index in [1.54, 1.807) is 0 Å². The van der Waals surface area contributed by atoms with Crippen molar-refractivity contribution in [2.75, 3.05) is 11.9 Å². The first-order valence-electron chi connectivity index (χ1n) is 8.08. The van der Waals surface area contributed by atoms with Crippen LogP contribution in [0.2, 0.25) is 0 Å². The van der Waals surface area contributed by atoms with E-state index in [1.807, 2.05) is 0 Å². The number of hydrogen-bond donors (Lipinski definition) is 2. The van der Waals surface area contributed by atoms with Gasteiger partial charge < -0.3 is 15.2 Å². The number of ether oxygens (including phenoxy) is 1. The second-order valence-corrected chi connectivity index (χ2v) is 5.83. The molecule has 0 bridgehead atoms. The number of halogens is 4. The van der Waals surface area contributed by atoms with Crippen LogP contribution < -0.4 is 10.1 Å². The van der Waals surface area contributed by atoms with Crippen LogP contribution in [-0.4, -0.2) is 29.4 Å². The zero-order valence-electron chi connectivity index (χ0n) is 15.1. The van der Waals surface area contributed by atoms with Crippen LogP contribution >= 0.6 is 12.4 Å². The number of alkyl halides is 3. The van der Waals surface area contributed by atoms with Crippen molar-refractivity contribution in [3.8, 4) is 5.75 Å². The molecule has 2 aromatic carbocycles. The summed E-state index contributed by atoms with van der Waals surface area (Å²) in [6, 6.07) is 8.67. The van der Waals surface area contributed by atoms with Crippen LogP contribution in [0.4, 0.5) is 18.9 Å². The zero-order chi connectivity index (χ0) is 20.9. The molecule has 156 valence electrons. The van der Waals surface area contributed by atoms with Gasteiger partial charge >= 0.3 is 18.1 Å². The summed E-state index contributed by atoms with van der Waals surface area (Å²) in [5.41, 5.74) is 0.0399. The SMILES string of the molecule is CC(=O)C(=O)Oc1ccc(NCCc2ccc(C(F)(F)F)cc2)cc1C(=O)O.Cl. The molecule has 0 aromatic heterocycles. The zero-order valence-corrected chi connectivity index (χ0v) is 15.9. The number of benzene rings is 2. The molecule has 0 aliphatic carbocycles. The molecule has 2 rings (SSSR count). The Kier molecular flexibility index (Phi) is 8.20. The maximum absolute atomic E-state index is 12.5. The molecule has 0 radical (unpaired) electrons. The summed E-state index contributed by atoms with van der Waals surface area (Å²) in [4.78, 5) is 33.6. The van der Waals surface area contributed by atoms with Gasteiger partial charge in [-0.1, -0.05) is 12.1 Å². The summed E-state index contributed by atoms with van der Waals surface area (Å²) in [6.45, 7) is 1.33. The summed E-state index contributed by atoms with van der Waals surface area (Å²) in [5.74, 6) is -3.65. The van der Waals surface area contributed by atoms with Gasteiger partial charge in [-0.25, -0.2) is 9.59 Å². The van der Waals surface area contributed by atoms with Gasteiger partial charge in [0.1, 0.15) is 11.3 Å². The number of esters is 1. The maximum atomic E-state index is 12.5. The highest BCUT2D eigenvalue weighted by molar-refractivity contribution is 6.33. The number of ketones is 1. The predicted molar refractivity (Wildman–Crippen MR) is 101 cm³/mol. The second kappa shape index (κ2) is 9.92. The van der Waals surface area contributed by atoms with Gasteiger partial charge in [0.05, 0.1) is 5.56 Å². The fourth-order valence-electron chi connectivity index (χ4n) is 2.28. The molecule has 0 amide bonds. The first kappa shape index (κ1) is 24.0. The first-order chi connectivity index (χ1) is 13.1. The summed E-state index contributed by atoms with van der Waals surface area (Å²) in [5, 5.41) is 12.2. The first-order valence-corrected chi connectivity index (χ1v) is 8.08. The minimum Gasteiger partial charge on any atom is -0.478 e. The molecular weight excluding hydrogens is 415 g/mol. The van der Waals surface area contributed by atoms with E-state index < -0.39 is 29.5 Å². The summed E-state index contributed by atoms with van der Waals surface area (Å²) >= 11 is 0. The van der Waals surface area contributed by atoms with Crippen LogP contribution in [0.5, 0.6) is 5.75 Å². The highest BCUT2D eigenvalue weighted by Crippen LogP contribution is 2.29. The Balaban J connectivity index is 0.00000420. The Morgan fingerprint density at radius 2 is 1.69 bits per heavy atom. The fourth-order valence-corrected chi connectivity index (χ4v) is 2.28. The minimum absolute atomic E-state index is 0. The molecule has 0 unspecified atom stereocenters. The Morgan fingerprint density at radius 1 is 1.07 bits per heavy atom. The average Bonchev–Trinajstić information content (AvgIpc) is 2.62. The van der Waals surface area contributed by atoms with Crippen LogP contribution in [0.1, 0.15) is 28.4 Å². The van der Waals surface area contributed by atoms with Crippen LogP contribution in [0, 0.1) is 0 Å². The summed E-state index contributed by atoms with van der Waals surface area (Å²) in [6.07, 6.45) is -3.99. The van der Waals surface area contributed by atoms with Gasteiger partial charge in [0.15, 0.2) is 0 Å². The van der Waals surface area contributed by atoms with Crippen LogP contribution in [0.3, 0.4) is 0 Å². The molecule has 0 fully saturated rings. The van der Waals surface area contributed by atoms with E-state index in [9.17, 15) is 32.7 Å². The monoisotopic (exact) mass is 431 g/mol. The third-order valence-electron chi connectivity index (χ3n) is 3.72. The Labute approximate surface area is 170 Å². The van der Waals surface area contributed by atoms with Crippen molar-refractivity contribution in [2.45, 2.75) is 19.5 Å². The van der Waals surface area contributed by atoms with E-state index in [4.69, 9.17) is 4.74 Å². The van der Waals surface area contributed by atoms with Gasteiger partial charge in [-0.3, -0.25) is 4.79 Å². The highest BCUT2D eigenvalue weighted by atomic mass is 35.5. The quantitative estimate of drug-likeness (QED) is 0.391. The molecule has 0 saturated carbocycles. The Bertz CT molecular complexity index is 898. The molecule has 0 aliphatic heterocycles. The van der Waals surface area contributed by atoms with E-state index in [-0.39, 0.29) is 23.7 Å². The largest absolute Gasteiger partial charge is 0.478 e. The predicted octanol–water partition coefficient (Wildman–Crippen LogP) is 3.97. The summed E-state index contributed by atoms with van der Waals surface area (Å²) in [7, 11) is 0. The van der Waals surface area contributed by atoms with Crippen molar-refractivity contribution < 1.29 is 37.4 Å². The summed E-state index contributed by atoms with van der Waals surface area (Å²) < 4.78 is 42.4. The Hall–Kier alpha value is -3.07. The lowest BCUT2D eigenvalue weighted by Gasteiger charge is -2.11. The molecule has 0 heterocycles. The van der Waals surface area contributed by atoms with Crippen molar-refractivity contribution in [3.05, 3.63) is 59.2 Å². The van der Waals surface area contributed by atoms with Crippen LogP contribution in [-0.2, 0) is 22.2 Å². The molecule has 0 aliphatic rings. The van der Waals surface area contributed by atoms with Crippen LogP contribution in [0.15, 0.2) is 42.5 Å². The molecule has 0 atom stereocenters. The maximum Gasteiger partial charge on any atom is 0.416 e. The molecule has 29 heavy (non-hydrogen) atoms. The van der Waals surface area contributed by atoms with Crippen molar-refractivity contribution in [2.24, 2.45) is 0 Å². The minimum atomic E-state index is -4.39. The third-order valence-corrected chi connectivity index (χ3v) is 3.72. The molecule has 10 heteroatoms. The molecule has 2 aromatic rings. The third kappa shape index (κ3) is 6.79. The number of carbonyl (C=O) groups excluding carboxylic acids is 2.